The highest BCUT2D eigenvalue weighted by molar-refractivity contribution is 6.10. The van der Waals surface area contributed by atoms with Crippen LogP contribution in [0.25, 0.3) is 0 Å². The molecule has 6 nitrogen and oxygen atoms in total. The zero-order valence-corrected chi connectivity index (χ0v) is 15.5. The summed E-state index contributed by atoms with van der Waals surface area (Å²) < 4.78 is 13.3. The molecule has 4 rings (SSSR count). The molecule has 3 heterocycles. The molecule has 140 valence electrons. The zero-order chi connectivity index (χ0) is 19.0. The van der Waals surface area contributed by atoms with Gasteiger partial charge in [0, 0.05) is 30.9 Å². The van der Waals surface area contributed by atoms with Crippen molar-refractivity contribution in [2.24, 2.45) is 10.1 Å². The van der Waals surface area contributed by atoms with E-state index in [0.29, 0.717) is 24.6 Å². The number of aliphatic imine (C=N–C) groups is 1. The van der Waals surface area contributed by atoms with Crippen LogP contribution in [0.3, 0.4) is 0 Å². The number of likely N-dealkylation sites (N-methyl/N-ethyl adjacent to an activating group) is 1. The van der Waals surface area contributed by atoms with E-state index in [0.717, 1.165) is 36.3 Å². The number of allylic oxidation sites excluding steroid dienone is 2. The second kappa shape index (κ2) is 7.08. The van der Waals surface area contributed by atoms with Gasteiger partial charge in [-0.2, -0.15) is 10.1 Å². The summed E-state index contributed by atoms with van der Waals surface area (Å²) >= 11 is 0. The van der Waals surface area contributed by atoms with Crippen LogP contribution < -0.4 is 0 Å². The summed E-state index contributed by atoms with van der Waals surface area (Å²) in [5.41, 5.74) is 2.63. The molecule has 7 heteroatoms. The molecule has 0 unspecified atom stereocenters. The zero-order valence-electron chi connectivity index (χ0n) is 15.5. The second-order valence-corrected chi connectivity index (χ2v) is 7.04. The Kier molecular flexibility index (Phi) is 4.61. The number of rotatable bonds is 2. The summed E-state index contributed by atoms with van der Waals surface area (Å²) in [6.07, 6.45) is 5.43. The van der Waals surface area contributed by atoms with E-state index in [1.54, 1.807) is 22.0 Å². The molecular formula is C20H22FN5O. The Morgan fingerprint density at radius 2 is 1.93 bits per heavy atom. The molecule has 0 bridgehead atoms. The van der Waals surface area contributed by atoms with Gasteiger partial charge in [0.15, 0.2) is 5.82 Å². The first kappa shape index (κ1) is 17.6. The molecule has 0 aliphatic carbocycles. The van der Waals surface area contributed by atoms with E-state index in [1.807, 2.05) is 31.2 Å². The lowest BCUT2D eigenvalue weighted by Crippen LogP contribution is -2.50. The van der Waals surface area contributed by atoms with Crippen molar-refractivity contribution in [1.82, 2.24) is 14.8 Å². The van der Waals surface area contributed by atoms with E-state index in [1.165, 1.54) is 12.1 Å². The van der Waals surface area contributed by atoms with E-state index in [4.69, 9.17) is 4.99 Å². The molecule has 1 fully saturated rings. The molecule has 1 aromatic carbocycles. The first-order valence-electron chi connectivity index (χ1n) is 9.10. The van der Waals surface area contributed by atoms with Crippen LogP contribution in [0.2, 0.25) is 0 Å². The molecule has 0 spiro atoms. The fourth-order valence-corrected chi connectivity index (χ4v) is 3.40. The normalized spacial score (nSPS) is 21.1. The van der Waals surface area contributed by atoms with Crippen LogP contribution >= 0.6 is 0 Å². The maximum absolute atomic E-state index is 13.3. The van der Waals surface area contributed by atoms with Crippen molar-refractivity contribution in [3.8, 4) is 0 Å². The Labute approximate surface area is 158 Å². The third kappa shape index (κ3) is 3.42. The standard InChI is InChI=1S/C20H22FN5O/c1-14-4-3-9-22-26-18(25-11-10-24(2)13-19(25)27)12-17(23-20(14)26)15-5-7-16(21)8-6-15/h5-9,12H,3-4,10-11,13H2,1-2H3. The van der Waals surface area contributed by atoms with Gasteiger partial charge in [-0.15, -0.1) is 0 Å². The molecule has 1 saturated heterocycles. The largest absolute Gasteiger partial charge is 0.296 e. The Bertz CT molecular complexity index is 884. The molecule has 0 N–H and O–H groups in total. The van der Waals surface area contributed by atoms with Gasteiger partial charge < -0.3 is 0 Å². The van der Waals surface area contributed by atoms with Crippen LogP contribution in [0.15, 0.2) is 57.7 Å². The smallest absolute Gasteiger partial charge is 0.242 e. The Balaban J connectivity index is 1.81. The van der Waals surface area contributed by atoms with Crippen LogP contribution in [0.4, 0.5) is 4.39 Å². The second-order valence-electron chi connectivity index (χ2n) is 7.04. The van der Waals surface area contributed by atoms with Crippen LogP contribution in [-0.4, -0.2) is 59.3 Å². The Morgan fingerprint density at radius 1 is 1.15 bits per heavy atom. The lowest BCUT2D eigenvalue weighted by molar-refractivity contribution is -0.134. The number of piperazine rings is 1. The number of benzene rings is 1. The molecule has 27 heavy (non-hydrogen) atoms. The average Bonchev–Trinajstić information content (AvgIpc) is 2.84. The van der Waals surface area contributed by atoms with Crippen molar-refractivity contribution in [2.75, 3.05) is 26.7 Å². The fraction of sp³-hybridized carbons (Fsp3) is 0.350. The van der Waals surface area contributed by atoms with Gasteiger partial charge in [0.1, 0.15) is 11.6 Å². The first-order chi connectivity index (χ1) is 13.0. The van der Waals surface area contributed by atoms with Gasteiger partial charge in [-0.05, 0) is 56.7 Å². The minimum atomic E-state index is -0.287. The number of halogens is 1. The summed E-state index contributed by atoms with van der Waals surface area (Å²) in [6.45, 7) is 3.80. The lowest BCUT2D eigenvalue weighted by atomic mass is 10.1. The minimum absolute atomic E-state index is 0.0341. The van der Waals surface area contributed by atoms with Crippen molar-refractivity contribution < 1.29 is 9.18 Å². The topological polar surface area (TPSA) is 51.5 Å². The first-order valence-corrected chi connectivity index (χ1v) is 9.10. The van der Waals surface area contributed by atoms with Gasteiger partial charge in [0.05, 0.1) is 12.3 Å². The predicted octanol–water partition coefficient (Wildman–Crippen LogP) is 2.56. The molecular weight excluding hydrogens is 345 g/mol. The van der Waals surface area contributed by atoms with E-state index < -0.39 is 0 Å². The van der Waals surface area contributed by atoms with E-state index in [-0.39, 0.29) is 11.7 Å². The number of amides is 1. The molecule has 0 atom stereocenters. The van der Waals surface area contributed by atoms with Gasteiger partial charge in [-0.3, -0.25) is 14.6 Å². The highest BCUT2D eigenvalue weighted by Crippen LogP contribution is 2.31. The summed E-state index contributed by atoms with van der Waals surface area (Å²) in [4.78, 5) is 21.3. The number of carbonyl (C=O) groups excluding carboxylic acids is 1. The van der Waals surface area contributed by atoms with Crippen LogP contribution in [-0.2, 0) is 4.79 Å². The maximum atomic E-state index is 13.3. The van der Waals surface area contributed by atoms with E-state index in [2.05, 4.69) is 5.10 Å². The predicted molar refractivity (Wildman–Crippen MR) is 102 cm³/mol. The third-order valence-electron chi connectivity index (χ3n) is 4.97. The molecule has 1 aromatic rings. The van der Waals surface area contributed by atoms with Crippen molar-refractivity contribution in [2.45, 2.75) is 19.8 Å². The molecule has 1 amide bonds. The van der Waals surface area contributed by atoms with Gasteiger partial charge in [-0.25, -0.2) is 9.38 Å². The van der Waals surface area contributed by atoms with Crippen LogP contribution in [0, 0.1) is 5.82 Å². The molecule has 0 saturated carbocycles. The molecule has 0 aromatic heterocycles. The van der Waals surface area contributed by atoms with Crippen LogP contribution in [0.1, 0.15) is 25.3 Å². The molecule has 3 aliphatic heterocycles. The number of carbonyl (C=O) groups is 1. The summed E-state index contributed by atoms with van der Waals surface area (Å²) in [7, 11) is 1.94. The average molecular weight is 367 g/mol. The Hall–Kier alpha value is -2.80. The summed E-state index contributed by atoms with van der Waals surface area (Å²) in [6, 6.07) is 6.26. The number of hydrogen-bond donors (Lipinski definition) is 0. The summed E-state index contributed by atoms with van der Waals surface area (Å²) in [5, 5.41) is 6.32. The van der Waals surface area contributed by atoms with Crippen LogP contribution in [0.5, 0.6) is 0 Å². The quantitative estimate of drug-likeness (QED) is 0.807. The van der Waals surface area contributed by atoms with E-state index >= 15 is 0 Å². The highest BCUT2D eigenvalue weighted by atomic mass is 19.1. The van der Waals surface area contributed by atoms with Crippen molar-refractivity contribution in [3.63, 3.8) is 0 Å². The summed E-state index contributed by atoms with van der Waals surface area (Å²) in [5.74, 6) is 1.19. The van der Waals surface area contributed by atoms with Gasteiger partial charge >= 0.3 is 0 Å². The number of fused-ring (bicyclic) bond motifs is 1. The number of nitrogens with zero attached hydrogens (tertiary/aromatic N) is 5. The van der Waals surface area contributed by atoms with Crippen molar-refractivity contribution in [1.29, 1.82) is 0 Å². The fourth-order valence-electron chi connectivity index (χ4n) is 3.40. The SMILES string of the molecule is CC1=C2N=C(c3ccc(F)cc3)C=C(N3CCN(C)CC3=O)N2N=CCC1. The maximum Gasteiger partial charge on any atom is 0.242 e. The monoisotopic (exact) mass is 367 g/mol. The van der Waals surface area contributed by atoms with E-state index in [9.17, 15) is 9.18 Å². The Morgan fingerprint density at radius 3 is 2.67 bits per heavy atom. The molecule has 0 radical (unpaired) electrons. The van der Waals surface area contributed by atoms with Gasteiger partial charge in [0.25, 0.3) is 0 Å². The van der Waals surface area contributed by atoms with Crippen molar-refractivity contribution >= 4 is 17.8 Å². The number of hydrazone groups is 1. The lowest BCUT2D eigenvalue weighted by Gasteiger charge is -2.38. The van der Waals surface area contributed by atoms with Gasteiger partial charge in [0.2, 0.25) is 5.91 Å². The van der Waals surface area contributed by atoms with Crippen molar-refractivity contribution in [3.05, 3.63) is 58.9 Å². The number of hydrogen-bond acceptors (Lipinski definition) is 5. The molecule has 3 aliphatic rings. The van der Waals surface area contributed by atoms with Gasteiger partial charge in [-0.1, -0.05) is 0 Å². The third-order valence-corrected chi connectivity index (χ3v) is 4.97. The minimum Gasteiger partial charge on any atom is -0.296 e. The highest BCUT2D eigenvalue weighted by Gasteiger charge is 2.32.